The number of anilines is 3. The molecule has 0 aliphatic heterocycles. The zero-order valence-corrected chi connectivity index (χ0v) is 16.4. The summed E-state index contributed by atoms with van der Waals surface area (Å²) in [4.78, 5) is 23.7. The maximum absolute atomic E-state index is 12.4. The maximum atomic E-state index is 12.4. The van der Waals surface area contributed by atoms with Gasteiger partial charge in [0.05, 0.1) is 4.90 Å². The molecule has 0 unspecified atom stereocenters. The Labute approximate surface area is 168 Å². The molecular formula is C21H19N3O4S. The van der Waals surface area contributed by atoms with Crippen LogP contribution in [0.5, 0.6) is 0 Å². The number of nitrogens with one attached hydrogen (secondary N) is 3. The van der Waals surface area contributed by atoms with Gasteiger partial charge in [-0.15, -0.1) is 0 Å². The maximum Gasteiger partial charge on any atom is 0.261 e. The van der Waals surface area contributed by atoms with Gasteiger partial charge in [-0.2, -0.15) is 0 Å². The number of sulfonamides is 1. The van der Waals surface area contributed by atoms with Gasteiger partial charge in [-0.25, -0.2) is 8.42 Å². The van der Waals surface area contributed by atoms with Crippen LogP contribution in [0.2, 0.25) is 0 Å². The normalized spacial score (nSPS) is 10.8. The summed E-state index contributed by atoms with van der Waals surface area (Å²) < 4.78 is 27.2. The number of hydrogen-bond acceptors (Lipinski definition) is 4. The monoisotopic (exact) mass is 409 g/mol. The molecule has 8 heteroatoms. The summed E-state index contributed by atoms with van der Waals surface area (Å²) in [5.74, 6) is -0.565. The standard InChI is InChI=1S/C21H19N3O4S/c1-15(25)22-18-6-5-7-19(14-18)23-21(26)16-10-12-17(13-11-16)24-29(27,28)20-8-3-2-4-9-20/h2-14,24H,1H3,(H,22,25)(H,23,26). The third-order valence-corrected chi connectivity index (χ3v) is 5.29. The number of carbonyl (C=O) groups excluding carboxylic acids is 2. The first-order valence-electron chi connectivity index (χ1n) is 8.70. The number of carbonyl (C=O) groups is 2. The zero-order chi connectivity index (χ0) is 20.9. The molecule has 0 aliphatic rings. The molecule has 3 aromatic rings. The largest absolute Gasteiger partial charge is 0.326 e. The van der Waals surface area contributed by atoms with Gasteiger partial charge in [0, 0.05) is 29.5 Å². The van der Waals surface area contributed by atoms with Gasteiger partial charge in [-0.1, -0.05) is 24.3 Å². The number of benzene rings is 3. The summed E-state index contributed by atoms with van der Waals surface area (Å²) in [7, 11) is -3.69. The fourth-order valence-electron chi connectivity index (χ4n) is 2.58. The first-order valence-corrected chi connectivity index (χ1v) is 10.2. The second-order valence-corrected chi connectivity index (χ2v) is 7.89. The second-order valence-electron chi connectivity index (χ2n) is 6.21. The van der Waals surface area contributed by atoms with Gasteiger partial charge in [-0.3, -0.25) is 14.3 Å². The predicted molar refractivity (Wildman–Crippen MR) is 112 cm³/mol. The molecule has 148 valence electrons. The topological polar surface area (TPSA) is 104 Å². The SMILES string of the molecule is CC(=O)Nc1cccc(NC(=O)c2ccc(NS(=O)(=O)c3ccccc3)cc2)c1. The van der Waals surface area contributed by atoms with E-state index in [1.807, 2.05) is 0 Å². The van der Waals surface area contributed by atoms with Crippen LogP contribution in [0.3, 0.4) is 0 Å². The van der Waals surface area contributed by atoms with Gasteiger partial charge in [-0.05, 0) is 54.6 Å². The number of amides is 2. The Kier molecular flexibility index (Phi) is 5.94. The van der Waals surface area contributed by atoms with Crippen LogP contribution in [0.15, 0.2) is 83.8 Å². The molecule has 0 spiro atoms. The van der Waals surface area contributed by atoms with Crippen LogP contribution in [0.4, 0.5) is 17.1 Å². The molecule has 0 bridgehead atoms. The minimum atomic E-state index is -3.69. The third kappa shape index (κ3) is 5.43. The van der Waals surface area contributed by atoms with Gasteiger partial charge in [0.15, 0.2) is 0 Å². The Morgan fingerprint density at radius 1 is 0.724 bits per heavy atom. The molecule has 0 fully saturated rings. The lowest BCUT2D eigenvalue weighted by Crippen LogP contribution is -2.14. The van der Waals surface area contributed by atoms with Crippen molar-refractivity contribution in [3.8, 4) is 0 Å². The number of hydrogen-bond donors (Lipinski definition) is 3. The lowest BCUT2D eigenvalue weighted by molar-refractivity contribution is -0.114. The molecule has 3 rings (SSSR count). The van der Waals surface area contributed by atoms with Crippen LogP contribution in [0.25, 0.3) is 0 Å². The van der Waals surface area contributed by atoms with Crippen molar-refractivity contribution in [2.45, 2.75) is 11.8 Å². The molecule has 0 atom stereocenters. The highest BCUT2D eigenvalue weighted by Crippen LogP contribution is 2.19. The van der Waals surface area contributed by atoms with E-state index in [0.29, 0.717) is 22.6 Å². The smallest absolute Gasteiger partial charge is 0.261 e. The Balaban J connectivity index is 1.68. The van der Waals surface area contributed by atoms with Gasteiger partial charge >= 0.3 is 0 Å². The Morgan fingerprint density at radius 2 is 1.34 bits per heavy atom. The molecule has 0 radical (unpaired) electrons. The lowest BCUT2D eigenvalue weighted by atomic mass is 10.2. The molecule has 29 heavy (non-hydrogen) atoms. The van der Waals surface area contributed by atoms with Crippen molar-refractivity contribution in [3.63, 3.8) is 0 Å². The van der Waals surface area contributed by atoms with Crippen molar-refractivity contribution in [2.24, 2.45) is 0 Å². The van der Waals surface area contributed by atoms with Crippen LogP contribution >= 0.6 is 0 Å². The summed E-state index contributed by atoms with van der Waals surface area (Å²) in [6, 6.07) is 20.9. The van der Waals surface area contributed by atoms with Gasteiger partial charge in [0.25, 0.3) is 15.9 Å². The molecular weight excluding hydrogens is 390 g/mol. The van der Waals surface area contributed by atoms with Crippen molar-refractivity contribution < 1.29 is 18.0 Å². The van der Waals surface area contributed by atoms with Crippen LogP contribution in [0, 0.1) is 0 Å². The second kappa shape index (κ2) is 8.57. The van der Waals surface area contributed by atoms with E-state index in [1.165, 1.54) is 43.3 Å². The third-order valence-electron chi connectivity index (χ3n) is 3.89. The number of rotatable bonds is 6. The molecule has 0 heterocycles. The van der Waals surface area contributed by atoms with Gasteiger partial charge in [0.1, 0.15) is 0 Å². The lowest BCUT2D eigenvalue weighted by Gasteiger charge is -2.10. The fraction of sp³-hybridized carbons (Fsp3) is 0.0476. The molecule has 0 aromatic heterocycles. The van der Waals surface area contributed by atoms with Crippen molar-refractivity contribution in [2.75, 3.05) is 15.4 Å². The van der Waals surface area contributed by atoms with E-state index >= 15 is 0 Å². The molecule has 3 aromatic carbocycles. The summed E-state index contributed by atoms with van der Waals surface area (Å²) in [5, 5.41) is 5.38. The van der Waals surface area contributed by atoms with Gasteiger partial charge < -0.3 is 10.6 Å². The predicted octanol–water partition coefficient (Wildman–Crippen LogP) is 3.70. The quantitative estimate of drug-likeness (QED) is 0.577. The molecule has 2 amide bonds. The fourth-order valence-corrected chi connectivity index (χ4v) is 3.66. The van der Waals surface area contributed by atoms with Crippen molar-refractivity contribution in [1.82, 2.24) is 0 Å². The van der Waals surface area contributed by atoms with E-state index in [2.05, 4.69) is 15.4 Å². The highest BCUT2D eigenvalue weighted by molar-refractivity contribution is 7.92. The van der Waals surface area contributed by atoms with Crippen molar-refractivity contribution >= 4 is 38.9 Å². The Bertz CT molecular complexity index is 1130. The Hall–Kier alpha value is -3.65. The van der Waals surface area contributed by atoms with E-state index in [1.54, 1.807) is 42.5 Å². The molecule has 0 aliphatic carbocycles. The highest BCUT2D eigenvalue weighted by atomic mass is 32.2. The first-order chi connectivity index (χ1) is 13.8. The minimum absolute atomic E-state index is 0.154. The van der Waals surface area contributed by atoms with Crippen molar-refractivity contribution in [3.05, 3.63) is 84.4 Å². The summed E-state index contributed by atoms with van der Waals surface area (Å²) >= 11 is 0. The van der Waals surface area contributed by atoms with Crippen LogP contribution in [0.1, 0.15) is 17.3 Å². The van der Waals surface area contributed by atoms with E-state index in [-0.39, 0.29) is 16.7 Å². The van der Waals surface area contributed by atoms with E-state index in [9.17, 15) is 18.0 Å². The van der Waals surface area contributed by atoms with E-state index in [4.69, 9.17) is 0 Å². The van der Waals surface area contributed by atoms with E-state index in [0.717, 1.165) is 0 Å². The zero-order valence-electron chi connectivity index (χ0n) is 15.5. The average molecular weight is 409 g/mol. The molecule has 0 saturated carbocycles. The average Bonchev–Trinajstić information content (AvgIpc) is 2.69. The molecule has 3 N–H and O–H groups in total. The van der Waals surface area contributed by atoms with E-state index < -0.39 is 10.0 Å². The summed E-state index contributed by atoms with van der Waals surface area (Å²) in [6.07, 6.45) is 0. The highest BCUT2D eigenvalue weighted by Gasteiger charge is 2.14. The van der Waals surface area contributed by atoms with Crippen LogP contribution < -0.4 is 15.4 Å². The van der Waals surface area contributed by atoms with Gasteiger partial charge in [0.2, 0.25) is 5.91 Å². The van der Waals surface area contributed by atoms with Crippen LogP contribution in [-0.2, 0) is 14.8 Å². The summed E-state index contributed by atoms with van der Waals surface area (Å²) in [6.45, 7) is 1.40. The minimum Gasteiger partial charge on any atom is -0.326 e. The summed E-state index contributed by atoms with van der Waals surface area (Å²) in [5.41, 5.74) is 1.80. The van der Waals surface area contributed by atoms with Crippen LogP contribution in [-0.4, -0.2) is 20.2 Å². The first kappa shape index (κ1) is 20.1. The molecule has 7 nitrogen and oxygen atoms in total. The van der Waals surface area contributed by atoms with Crippen molar-refractivity contribution in [1.29, 1.82) is 0 Å². The molecule has 0 saturated heterocycles. The Morgan fingerprint density at radius 3 is 1.97 bits per heavy atom.